The second-order valence-electron chi connectivity index (χ2n) is 8.35. The van der Waals surface area contributed by atoms with E-state index in [1.807, 2.05) is 18.3 Å². The first-order chi connectivity index (χ1) is 15.6. The maximum absolute atomic E-state index is 6.37. The fourth-order valence-electron chi connectivity index (χ4n) is 4.17. The minimum Gasteiger partial charge on any atom is -0.354 e. The molecule has 0 radical (unpaired) electrons. The lowest BCUT2D eigenvalue weighted by Crippen LogP contribution is -2.31. The van der Waals surface area contributed by atoms with E-state index in [2.05, 4.69) is 50.0 Å². The minimum absolute atomic E-state index is 0.366. The molecule has 5 rings (SSSR count). The number of rotatable bonds is 6. The summed E-state index contributed by atoms with van der Waals surface area (Å²) in [6.07, 6.45) is 10.7. The summed E-state index contributed by atoms with van der Waals surface area (Å²) in [7, 11) is 2.17. The maximum Gasteiger partial charge on any atom is 0.223 e. The van der Waals surface area contributed by atoms with E-state index in [9.17, 15) is 0 Å². The van der Waals surface area contributed by atoms with Gasteiger partial charge in [-0.1, -0.05) is 18.5 Å². The van der Waals surface area contributed by atoms with E-state index in [4.69, 9.17) is 21.7 Å². The molecular weight excluding hydrogens is 424 g/mol. The summed E-state index contributed by atoms with van der Waals surface area (Å²) in [5.41, 5.74) is 4.35. The number of piperidine rings is 1. The first-order valence-corrected chi connectivity index (χ1v) is 11.5. The lowest BCUT2D eigenvalue weighted by molar-refractivity contribution is 0.212. The zero-order valence-corrected chi connectivity index (χ0v) is 19.1. The monoisotopic (exact) mass is 450 g/mol. The molecule has 5 heterocycles. The number of hydrogen-bond acceptors (Lipinski definition) is 6. The molecule has 1 saturated heterocycles. The molecule has 1 aliphatic rings. The number of anilines is 1. The highest BCUT2D eigenvalue weighted by Crippen LogP contribution is 2.35. The van der Waals surface area contributed by atoms with Crippen LogP contribution in [0.2, 0.25) is 5.02 Å². The van der Waals surface area contributed by atoms with E-state index in [0.717, 1.165) is 72.4 Å². The maximum atomic E-state index is 6.37. The topological polar surface area (TPSA) is 87.5 Å². The van der Waals surface area contributed by atoms with Gasteiger partial charge in [0.05, 0.1) is 16.8 Å². The number of aromatic nitrogens is 6. The number of fused-ring (bicyclic) bond motifs is 1. The quantitative estimate of drug-likeness (QED) is 0.445. The number of H-pyrrole nitrogens is 1. The van der Waals surface area contributed by atoms with Crippen LogP contribution in [-0.2, 0) is 0 Å². The van der Waals surface area contributed by atoms with Gasteiger partial charge < -0.3 is 15.2 Å². The molecule has 4 aromatic heterocycles. The van der Waals surface area contributed by atoms with E-state index in [0.29, 0.717) is 17.0 Å². The summed E-state index contributed by atoms with van der Waals surface area (Å²) in [5.74, 6) is 0.629. The van der Waals surface area contributed by atoms with E-state index in [-0.39, 0.29) is 0 Å². The zero-order chi connectivity index (χ0) is 22.1. The van der Waals surface area contributed by atoms with E-state index < -0.39 is 0 Å². The fourth-order valence-corrected chi connectivity index (χ4v) is 4.37. The van der Waals surface area contributed by atoms with Gasteiger partial charge in [0.15, 0.2) is 0 Å². The van der Waals surface area contributed by atoms with Crippen molar-refractivity contribution in [2.75, 3.05) is 32.0 Å². The first kappa shape index (κ1) is 20.9. The number of hydrogen-bond donors (Lipinski definition) is 2. The van der Waals surface area contributed by atoms with Gasteiger partial charge in [-0.2, -0.15) is 5.10 Å². The number of halogens is 1. The van der Waals surface area contributed by atoms with Crippen molar-refractivity contribution < 1.29 is 0 Å². The molecule has 0 spiro atoms. The molecule has 0 aliphatic carbocycles. The molecule has 0 unspecified atom stereocenters. The molecule has 1 fully saturated rings. The molecule has 0 atom stereocenters. The summed E-state index contributed by atoms with van der Waals surface area (Å²) in [6.45, 7) is 5.09. The Labute approximate surface area is 192 Å². The molecular formula is C23H27ClN8. The first-order valence-electron chi connectivity index (χ1n) is 11.1. The second kappa shape index (κ2) is 8.88. The highest BCUT2D eigenvalue weighted by molar-refractivity contribution is 6.35. The summed E-state index contributed by atoms with van der Waals surface area (Å²) in [5, 5.41) is 9.86. The Bertz CT molecular complexity index is 1220. The predicted octanol–water partition coefficient (Wildman–Crippen LogP) is 4.63. The summed E-state index contributed by atoms with van der Waals surface area (Å²) < 4.78 is 2.11. The van der Waals surface area contributed by atoms with E-state index in [1.165, 1.54) is 0 Å². The van der Waals surface area contributed by atoms with E-state index in [1.54, 1.807) is 12.4 Å². The molecule has 4 aromatic rings. The highest BCUT2D eigenvalue weighted by Gasteiger charge is 2.23. The third-order valence-corrected chi connectivity index (χ3v) is 6.33. The molecule has 8 nitrogen and oxygen atoms in total. The minimum atomic E-state index is 0.366. The smallest absolute Gasteiger partial charge is 0.223 e. The van der Waals surface area contributed by atoms with Crippen LogP contribution >= 0.6 is 11.6 Å². The molecule has 2 N–H and O–H groups in total. The summed E-state index contributed by atoms with van der Waals surface area (Å²) in [6, 6.07) is 4.35. The van der Waals surface area contributed by atoms with Crippen LogP contribution in [-0.4, -0.2) is 61.3 Å². The Hall–Kier alpha value is -2.97. The van der Waals surface area contributed by atoms with Gasteiger partial charge >= 0.3 is 0 Å². The van der Waals surface area contributed by atoms with Crippen LogP contribution in [0.25, 0.3) is 33.5 Å². The van der Waals surface area contributed by atoms with Crippen molar-refractivity contribution in [3.63, 3.8) is 0 Å². The van der Waals surface area contributed by atoms with Crippen molar-refractivity contribution in [1.29, 1.82) is 0 Å². The SMILES string of the molecule is CCCNc1nccc(-c2cn(C3CCN(C)CC3)nc2-c2cnc3[nH]cc(Cl)c3c2)n1. The summed E-state index contributed by atoms with van der Waals surface area (Å²) in [4.78, 5) is 19.2. The average Bonchev–Trinajstić information content (AvgIpc) is 3.42. The third kappa shape index (κ3) is 4.08. The molecule has 0 amide bonds. The molecule has 1 aliphatic heterocycles. The van der Waals surface area contributed by atoms with Crippen molar-refractivity contribution >= 4 is 28.6 Å². The number of nitrogens with zero attached hydrogens (tertiary/aromatic N) is 6. The average molecular weight is 451 g/mol. The normalized spacial score (nSPS) is 15.5. The van der Waals surface area contributed by atoms with Gasteiger partial charge in [-0.3, -0.25) is 4.68 Å². The van der Waals surface area contributed by atoms with Crippen molar-refractivity contribution in [3.8, 4) is 22.5 Å². The summed E-state index contributed by atoms with van der Waals surface area (Å²) >= 11 is 6.37. The molecule has 0 aromatic carbocycles. The second-order valence-corrected chi connectivity index (χ2v) is 8.76. The standard InChI is InChI=1S/C23H27ClN8/c1-3-7-25-23-26-8-4-20(29-23)18-14-32(16-5-9-31(2)10-6-16)30-21(18)15-11-17-19(24)13-28-22(17)27-12-15/h4,8,11-14,16H,3,5-7,9-10H2,1-2H3,(H,27,28)(H,25,26,29). The van der Waals surface area contributed by atoms with Gasteiger partial charge in [-0.05, 0) is 51.5 Å². The van der Waals surface area contributed by atoms with Gasteiger partial charge in [0.1, 0.15) is 11.3 Å². The van der Waals surface area contributed by atoms with E-state index >= 15 is 0 Å². The largest absolute Gasteiger partial charge is 0.354 e. The molecule has 0 bridgehead atoms. The van der Waals surface area contributed by atoms with Crippen molar-refractivity contribution in [3.05, 3.63) is 41.9 Å². The number of pyridine rings is 1. The molecule has 0 saturated carbocycles. The Morgan fingerprint density at radius 2 is 2.09 bits per heavy atom. The lowest BCUT2D eigenvalue weighted by Gasteiger charge is -2.29. The molecule has 32 heavy (non-hydrogen) atoms. The van der Waals surface area contributed by atoms with Crippen LogP contribution in [0.5, 0.6) is 0 Å². The van der Waals surface area contributed by atoms with Crippen molar-refractivity contribution in [2.45, 2.75) is 32.2 Å². The van der Waals surface area contributed by atoms with Gasteiger partial charge in [-0.25, -0.2) is 15.0 Å². The Morgan fingerprint density at radius 1 is 1.25 bits per heavy atom. The van der Waals surface area contributed by atoms with Crippen LogP contribution in [0.1, 0.15) is 32.2 Å². The third-order valence-electron chi connectivity index (χ3n) is 6.01. The Kier molecular flexibility index (Phi) is 5.80. The van der Waals surface area contributed by atoms with Crippen LogP contribution in [0.4, 0.5) is 5.95 Å². The highest BCUT2D eigenvalue weighted by atomic mass is 35.5. The fraction of sp³-hybridized carbons (Fsp3) is 0.391. The Balaban J connectivity index is 1.60. The van der Waals surface area contributed by atoms with Crippen LogP contribution in [0.3, 0.4) is 0 Å². The van der Waals surface area contributed by atoms with Crippen LogP contribution in [0, 0.1) is 0 Å². The molecule has 9 heteroatoms. The van der Waals surface area contributed by atoms with Crippen molar-refractivity contribution in [2.24, 2.45) is 0 Å². The van der Waals surface area contributed by atoms with Crippen LogP contribution < -0.4 is 5.32 Å². The zero-order valence-electron chi connectivity index (χ0n) is 18.3. The van der Waals surface area contributed by atoms with Gasteiger partial charge in [0, 0.05) is 47.8 Å². The van der Waals surface area contributed by atoms with Crippen molar-refractivity contribution in [1.82, 2.24) is 34.6 Å². The number of nitrogens with one attached hydrogen (secondary N) is 2. The Morgan fingerprint density at radius 3 is 2.91 bits per heavy atom. The van der Waals surface area contributed by atoms with Gasteiger partial charge in [0.2, 0.25) is 5.95 Å². The van der Waals surface area contributed by atoms with Gasteiger partial charge in [-0.15, -0.1) is 0 Å². The van der Waals surface area contributed by atoms with Crippen LogP contribution in [0.15, 0.2) is 36.9 Å². The number of likely N-dealkylation sites (tertiary alicyclic amines) is 1. The lowest BCUT2D eigenvalue weighted by atomic mass is 10.1. The predicted molar refractivity (Wildman–Crippen MR) is 128 cm³/mol. The number of aromatic amines is 1. The van der Waals surface area contributed by atoms with Gasteiger partial charge in [0.25, 0.3) is 0 Å². The molecule has 166 valence electrons.